The summed E-state index contributed by atoms with van der Waals surface area (Å²) in [5.41, 5.74) is 0.857. The second kappa shape index (κ2) is 5.34. The van der Waals surface area contributed by atoms with Crippen LogP contribution < -0.4 is 62.2 Å². The average molecular weight is 239 g/mol. The van der Waals surface area contributed by atoms with E-state index < -0.39 is 12.4 Å². The second-order valence-electron chi connectivity index (χ2n) is 3.49. The zero-order chi connectivity index (χ0) is 10.2. The summed E-state index contributed by atoms with van der Waals surface area (Å²) in [4.78, 5) is 0. The van der Waals surface area contributed by atoms with Gasteiger partial charge < -0.3 is 18.3 Å². The summed E-state index contributed by atoms with van der Waals surface area (Å²) in [6.45, 7) is -3.67. The van der Waals surface area contributed by atoms with Gasteiger partial charge in [0.15, 0.2) is 0 Å². The molecule has 1 aromatic carbocycles. The Balaban J connectivity index is 0.00000112. The molecule has 1 nitrogen and oxygen atoms in total. The molecule has 0 bridgehead atoms. The molecule has 1 heterocycles. The van der Waals surface area contributed by atoms with Crippen LogP contribution in [0.1, 0.15) is 11.1 Å². The zero-order valence-corrected chi connectivity index (χ0v) is 11.7. The number of benzene rings is 1. The zero-order valence-electron chi connectivity index (χ0n) is 8.56. The van der Waals surface area contributed by atoms with Gasteiger partial charge in [0.05, 0.1) is 0 Å². The molecule has 0 amide bonds. The van der Waals surface area contributed by atoms with E-state index in [1.165, 1.54) is 12.1 Å². The van der Waals surface area contributed by atoms with Crippen molar-refractivity contribution in [3.8, 4) is 0 Å². The molecule has 0 saturated heterocycles. The third-order valence-corrected chi connectivity index (χ3v) is 2.53. The number of rotatable bonds is 1. The van der Waals surface area contributed by atoms with Crippen molar-refractivity contribution >= 4 is 12.4 Å². The van der Waals surface area contributed by atoms with Crippen LogP contribution in [-0.4, -0.2) is 13.5 Å². The van der Waals surface area contributed by atoms with Crippen LogP contribution in [0.4, 0.5) is 12.9 Å². The van der Waals surface area contributed by atoms with Gasteiger partial charge in [0, 0.05) is 6.54 Å². The van der Waals surface area contributed by atoms with Crippen molar-refractivity contribution in [3.63, 3.8) is 0 Å². The van der Waals surface area contributed by atoms with Gasteiger partial charge in [-0.15, -0.1) is 5.46 Å². The maximum Gasteiger partial charge on any atom is 1.00 e. The molecule has 2 rings (SSSR count). The third-order valence-electron chi connectivity index (χ3n) is 2.53. The SMILES string of the molecule is F[B-](F)(F)c1cccc2c1CCNC2.[K+]. The van der Waals surface area contributed by atoms with Crippen LogP contribution in [0.15, 0.2) is 18.2 Å². The van der Waals surface area contributed by atoms with E-state index in [1.54, 1.807) is 6.07 Å². The van der Waals surface area contributed by atoms with Gasteiger partial charge in [0.2, 0.25) is 0 Å². The minimum atomic E-state index is -4.86. The van der Waals surface area contributed by atoms with E-state index in [9.17, 15) is 12.9 Å². The number of nitrogens with one attached hydrogen (secondary N) is 1. The van der Waals surface area contributed by atoms with Gasteiger partial charge in [-0.05, 0) is 18.5 Å². The van der Waals surface area contributed by atoms with Gasteiger partial charge >= 0.3 is 58.4 Å². The Morgan fingerprint density at radius 2 is 1.93 bits per heavy atom. The fraction of sp³-hybridized carbons (Fsp3) is 0.333. The van der Waals surface area contributed by atoms with Crippen molar-refractivity contribution in [2.75, 3.05) is 6.54 Å². The predicted molar refractivity (Wildman–Crippen MR) is 50.6 cm³/mol. The summed E-state index contributed by atoms with van der Waals surface area (Å²) in [6.07, 6.45) is 0.479. The monoisotopic (exact) mass is 239 g/mol. The molecule has 1 N–H and O–H groups in total. The van der Waals surface area contributed by atoms with Crippen molar-refractivity contribution in [1.29, 1.82) is 0 Å². The molecular weight excluding hydrogens is 229 g/mol. The van der Waals surface area contributed by atoms with E-state index in [-0.39, 0.29) is 51.4 Å². The first-order valence-electron chi connectivity index (χ1n) is 4.60. The molecule has 0 radical (unpaired) electrons. The van der Waals surface area contributed by atoms with E-state index in [2.05, 4.69) is 5.32 Å². The summed E-state index contributed by atoms with van der Waals surface area (Å²) in [5, 5.41) is 3.06. The van der Waals surface area contributed by atoms with Gasteiger partial charge in [-0.25, -0.2) is 0 Å². The van der Waals surface area contributed by atoms with Crippen LogP contribution in [0.2, 0.25) is 0 Å². The Bertz CT molecular complexity index is 354. The molecule has 1 aliphatic heterocycles. The van der Waals surface area contributed by atoms with Crippen LogP contribution in [0.5, 0.6) is 0 Å². The summed E-state index contributed by atoms with van der Waals surface area (Å²) in [5.74, 6) is 0. The van der Waals surface area contributed by atoms with Crippen LogP contribution in [0.3, 0.4) is 0 Å². The van der Waals surface area contributed by atoms with Crippen LogP contribution in [-0.2, 0) is 13.0 Å². The molecule has 15 heavy (non-hydrogen) atoms. The van der Waals surface area contributed by atoms with Gasteiger partial charge in [0.25, 0.3) is 0 Å². The third kappa shape index (κ3) is 3.08. The Kier molecular flexibility index (Phi) is 4.89. The maximum atomic E-state index is 12.6. The first-order chi connectivity index (χ1) is 6.59. The predicted octanol–water partition coefficient (Wildman–Crippen LogP) is -1.61. The molecule has 6 heteroatoms. The summed E-state index contributed by atoms with van der Waals surface area (Å²) in [7, 11) is 0. The molecule has 1 aliphatic rings. The molecule has 76 valence electrons. The normalized spacial score (nSPS) is 15.4. The summed E-state index contributed by atoms with van der Waals surface area (Å²) >= 11 is 0. The topological polar surface area (TPSA) is 12.0 Å². The fourth-order valence-electron chi connectivity index (χ4n) is 1.87. The van der Waals surface area contributed by atoms with E-state index >= 15 is 0 Å². The second-order valence-corrected chi connectivity index (χ2v) is 3.49. The quantitative estimate of drug-likeness (QED) is 0.581. The van der Waals surface area contributed by atoms with E-state index in [4.69, 9.17) is 0 Å². The molecule has 1 aromatic rings. The van der Waals surface area contributed by atoms with Gasteiger partial charge in [-0.3, -0.25) is 0 Å². The Labute approximate surface area is 129 Å². The summed E-state index contributed by atoms with van der Waals surface area (Å²) in [6, 6.07) is 4.42. The Hall–Kier alpha value is 0.671. The van der Waals surface area contributed by atoms with Crippen molar-refractivity contribution < 1.29 is 64.3 Å². The van der Waals surface area contributed by atoms with Gasteiger partial charge in [0.1, 0.15) is 0 Å². The fourth-order valence-corrected chi connectivity index (χ4v) is 1.87. The van der Waals surface area contributed by atoms with Crippen LogP contribution in [0, 0.1) is 0 Å². The minimum absolute atomic E-state index is 0. The maximum absolute atomic E-state index is 12.6. The first-order valence-corrected chi connectivity index (χ1v) is 4.60. The minimum Gasteiger partial charge on any atom is -0.445 e. The number of fused-ring (bicyclic) bond motifs is 1. The van der Waals surface area contributed by atoms with Crippen molar-refractivity contribution in [3.05, 3.63) is 29.3 Å². The molecule has 0 saturated carbocycles. The molecule has 0 aliphatic carbocycles. The number of halogens is 3. The van der Waals surface area contributed by atoms with Gasteiger partial charge in [-0.2, -0.15) is 0 Å². The molecular formula is C9H10BF3KN. The van der Waals surface area contributed by atoms with E-state index in [0.29, 0.717) is 25.1 Å². The largest absolute Gasteiger partial charge is 1.00 e. The summed E-state index contributed by atoms with van der Waals surface area (Å²) < 4.78 is 37.9. The van der Waals surface area contributed by atoms with Crippen molar-refractivity contribution in [2.45, 2.75) is 13.0 Å². The molecule has 0 aromatic heterocycles. The van der Waals surface area contributed by atoms with E-state index in [1.807, 2.05) is 0 Å². The molecule has 0 atom stereocenters. The van der Waals surface area contributed by atoms with Crippen molar-refractivity contribution in [2.24, 2.45) is 0 Å². The van der Waals surface area contributed by atoms with Crippen molar-refractivity contribution in [1.82, 2.24) is 5.32 Å². The number of hydrogen-bond acceptors (Lipinski definition) is 1. The number of hydrogen-bond donors (Lipinski definition) is 1. The molecule has 0 spiro atoms. The Morgan fingerprint density at radius 1 is 1.20 bits per heavy atom. The van der Waals surface area contributed by atoms with Crippen LogP contribution in [0.25, 0.3) is 0 Å². The first kappa shape index (κ1) is 13.7. The smallest absolute Gasteiger partial charge is 0.445 e. The van der Waals surface area contributed by atoms with E-state index in [0.717, 1.165) is 5.56 Å². The average Bonchev–Trinajstić information content (AvgIpc) is 2.15. The van der Waals surface area contributed by atoms with Crippen LogP contribution >= 0.6 is 0 Å². The standard InChI is InChI=1S/C9H10BF3N.K/c11-10(12,13)9-3-1-2-7-6-14-5-4-8(7)9;/h1-3,14H,4-6H2;/q-1;+1. The van der Waals surface area contributed by atoms with Gasteiger partial charge in [-0.1, -0.05) is 23.8 Å². The Morgan fingerprint density at radius 3 is 2.60 bits per heavy atom. The molecule has 0 unspecified atom stereocenters. The molecule has 0 fully saturated rings.